The second-order valence-electron chi connectivity index (χ2n) is 6.31. The lowest BCUT2D eigenvalue weighted by atomic mass is 9.93. The van der Waals surface area contributed by atoms with Crippen LogP contribution >= 0.6 is 0 Å². The molecule has 5 nitrogen and oxygen atoms in total. The van der Waals surface area contributed by atoms with E-state index >= 15 is 0 Å². The Morgan fingerprint density at radius 1 is 1.29 bits per heavy atom. The normalized spacial score (nSPS) is 28.7. The molecule has 114 valence electrons. The van der Waals surface area contributed by atoms with Crippen LogP contribution in [0.15, 0.2) is 18.2 Å². The second kappa shape index (κ2) is 6.02. The van der Waals surface area contributed by atoms with Crippen LogP contribution in [-0.2, 0) is 0 Å². The van der Waals surface area contributed by atoms with Gasteiger partial charge in [0, 0.05) is 29.4 Å². The lowest BCUT2D eigenvalue weighted by molar-refractivity contribution is -0.385. The Labute approximate surface area is 125 Å². The zero-order valence-corrected chi connectivity index (χ0v) is 12.5. The molecule has 0 bridgehead atoms. The van der Waals surface area contributed by atoms with Crippen LogP contribution in [0, 0.1) is 23.0 Å². The summed E-state index contributed by atoms with van der Waals surface area (Å²) >= 11 is 0. The maximum atomic E-state index is 11.1. The first-order valence-electron chi connectivity index (χ1n) is 7.90. The van der Waals surface area contributed by atoms with Gasteiger partial charge in [-0.25, -0.2) is 0 Å². The zero-order valence-electron chi connectivity index (χ0n) is 12.5. The van der Waals surface area contributed by atoms with Gasteiger partial charge in [0.05, 0.1) is 4.92 Å². The summed E-state index contributed by atoms with van der Waals surface area (Å²) in [7, 11) is 0. The fraction of sp³-hybridized carbons (Fsp3) is 0.625. The third-order valence-corrected chi connectivity index (χ3v) is 4.94. The molecule has 1 aliphatic carbocycles. The molecule has 2 aliphatic rings. The van der Waals surface area contributed by atoms with Crippen LogP contribution in [0.1, 0.15) is 37.7 Å². The van der Waals surface area contributed by atoms with E-state index in [9.17, 15) is 10.1 Å². The van der Waals surface area contributed by atoms with Crippen molar-refractivity contribution in [3.05, 3.63) is 33.9 Å². The zero-order chi connectivity index (χ0) is 14.8. The third kappa shape index (κ3) is 3.02. The van der Waals surface area contributed by atoms with Gasteiger partial charge >= 0.3 is 0 Å². The molecule has 0 spiro atoms. The summed E-state index contributed by atoms with van der Waals surface area (Å²) in [6.07, 6.45) is 6.18. The number of anilines is 1. The van der Waals surface area contributed by atoms with Crippen molar-refractivity contribution in [2.24, 2.45) is 5.92 Å². The maximum Gasteiger partial charge on any atom is 0.274 e. The molecule has 1 aromatic carbocycles. The predicted molar refractivity (Wildman–Crippen MR) is 83.6 cm³/mol. The summed E-state index contributed by atoms with van der Waals surface area (Å²) in [5.41, 5.74) is 1.79. The molecule has 1 saturated heterocycles. The van der Waals surface area contributed by atoms with Crippen LogP contribution in [0.25, 0.3) is 0 Å². The Bertz CT molecular complexity index is 526. The highest BCUT2D eigenvalue weighted by molar-refractivity contribution is 5.55. The molecule has 1 aromatic rings. The molecular formula is C16H23N3O2. The van der Waals surface area contributed by atoms with Crippen LogP contribution in [0.4, 0.5) is 11.4 Å². The number of nitrogens with one attached hydrogen (secondary N) is 2. The molecule has 0 aromatic heterocycles. The number of nitro groups is 1. The molecule has 0 radical (unpaired) electrons. The van der Waals surface area contributed by atoms with Crippen molar-refractivity contribution >= 4 is 11.4 Å². The highest BCUT2D eigenvalue weighted by Gasteiger charge is 2.35. The molecule has 21 heavy (non-hydrogen) atoms. The number of nitrogens with zero attached hydrogens (tertiary/aromatic N) is 1. The van der Waals surface area contributed by atoms with Crippen LogP contribution in [0.3, 0.4) is 0 Å². The van der Waals surface area contributed by atoms with Gasteiger partial charge in [0.2, 0.25) is 0 Å². The molecule has 5 heteroatoms. The van der Waals surface area contributed by atoms with Crippen molar-refractivity contribution in [1.29, 1.82) is 0 Å². The standard InChI is InChI=1S/C16H23N3O2/c1-11-7-8-12(10-16(11)19(20)21)18-15-5-2-4-13(15)14-6-3-9-17-14/h7-8,10,13-15,17-18H,2-6,9H2,1H3. The molecule has 1 heterocycles. The van der Waals surface area contributed by atoms with E-state index in [0.717, 1.165) is 18.7 Å². The summed E-state index contributed by atoms with van der Waals surface area (Å²) in [5.74, 6) is 0.646. The predicted octanol–water partition coefficient (Wildman–Crippen LogP) is 3.24. The van der Waals surface area contributed by atoms with E-state index in [1.165, 1.54) is 25.7 Å². The summed E-state index contributed by atoms with van der Waals surface area (Å²) in [6, 6.07) is 6.51. The summed E-state index contributed by atoms with van der Waals surface area (Å²) < 4.78 is 0. The van der Waals surface area contributed by atoms with Gasteiger partial charge in [-0.05, 0) is 51.1 Å². The number of hydrogen-bond acceptors (Lipinski definition) is 4. The Morgan fingerprint density at radius 2 is 2.14 bits per heavy atom. The second-order valence-corrected chi connectivity index (χ2v) is 6.31. The Kier molecular flexibility index (Phi) is 4.10. The van der Waals surface area contributed by atoms with Crippen LogP contribution in [0.5, 0.6) is 0 Å². The van der Waals surface area contributed by atoms with E-state index in [0.29, 0.717) is 23.6 Å². The van der Waals surface area contributed by atoms with Crippen molar-refractivity contribution < 1.29 is 4.92 Å². The van der Waals surface area contributed by atoms with Crippen LogP contribution in [0.2, 0.25) is 0 Å². The van der Waals surface area contributed by atoms with Crippen LogP contribution < -0.4 is 10.6 Å². The molecule has 3 atom stereocenters. The summed E-state index contributed by atoms with van der Waals surface area (Å²) in [5, 5.41) is 18.2. The number of hydrogen-bond donors (Lipinski definition) is 2. The van der Waals surface area contributed by atoms with Gasteiger partial charge in [-0.3, -0.25) is 10.1 Å². The third-order valence-electron chi connectivity index (χ3n) is 4.94. The smallest absolute Gasteiger partial charge is 0.274 e. The van der Waals surface area contributed by atoms with Gasteiger partial charge in [-0.2, -0.15) is 0 Å². The fourth-order valence-corrected chi connectivity index (χ4v) is 3.84. The quantitative estimate of drug-likeness (QED) is 0.659. The highest BCUT2D eigenvalue weighted by Crippen LogP contribution is 2.34. The van der Waals surface area contributed by atoms with Crippen molar-refractivity contribution in [1.82, 2.24) is 5.32 Å². The average molecular weight is 289 g/mol. The van der Waals surface area contributed by atoms with Gasteiger partial charge in [0.15, 0.2) is 0 Å². The molecule has 2 N–H and O–H groups in total. The molecule has 3 rings (SSSR count). The minimum absolute atomic E-state index is 0.202. The summed E-state index contributed by atoms with van der Waals surface area (Å²) in [6.45, 7) is 2.91. The minimum Gasteiger partial charge on any atom is -0.382 e. The van der Waals surface area contributed by atoms with Gasteiger partial charge < -0.3 is 10.6 Å². The minimum atomic E-state index is -0.300. The number of aryl methyl sites for hydroxylation is 1. The maximum absolute atomic E-state index is 11.1. The number of benzene rings is 1. The molecule has 1 aliphatic heterocycles. The fourth-order valence-electron chi connectivity index (χ4n) is 3.84. The van der Waals surface area contributed by atoms with Gasteiger partial charge in [-0.1, -0.05) is 12.5 Å². The van der Waals surface area contributed by atoms with Crippen molar-refractivity contribution in [2.75, 3.05) is 11.9 Å². The number of nitro benzene ring substituents is 1. The Balaban J connectivity index is 1.73. The van der Waals surface area contributed by atoms with Crippen molar-refractivity contribution in [3.8, 4) is 0 Å². The summed E-state index contributed by atoms with van der Waals surface area (Å²) in [4.78, 5) is 10.8. The monoisotopic (exact) mass is 289 g/mol. The molecule has 2 fully saturated rings. The van der Waals surface area contributed by atoms with Gasteiger partial charge in [0.1, 0.15) is 0 Å². The van der Waals surface area contributed by atoms with Crippen LogP contribution in [-0.4, -0.2) is 23.6 Å². The van der Waals surface area contributed by atoms with Crippen molar-refractivity contribution in [3.63, 3.8) is 0 Å². The topological polar surface area (TPSA) is 67.2 Å². The van der Waals surface area contributed by atoms with Crippen molar-refractivity contribution in [2.45, 2.75) is 51.1 Å². The van der Waals surface area contributed by atoms with E-state index in [1.807, 2.05) is 12.1 Å². The first-order chi connectivity index (χ1) is 10.1. The Morgan fingerprint density at radius 3 is 2.86 bits per heavy atom. The number of rotatable bonds is 4. The molecule has 0 amide bonds. The van der Waals surface area contributed by atoms with E-state index in [2.05, 4.69) is 10.6 Å². The SMILES string of the molecule is Cc1ccc(NC2CCCC2C2CCCN2)cc1[N+](=O)[O-]. The Hall–Kier alpha value is -1.62. The van der Waals surface area contributed by atoms with E-state index in [1.54, 1.807) is 13.0 Å². The van der Waals surface area contributed by atoms with E-state index in [4.69, 9.17) is 0 Å². The highest BCUT2D eigenvalue weighted by atomic mass is 16.6. The molecular weight excluding hydrogens is 266 g/mol. The van der Waals surface area contributed by atoms with E-state index < -0.39 is 0 Å². The first kappa shape index (κ1) is 14.3. The molecule has 1 saturated carbocycles. The van der Waals surface area contributed by atoms with Gasteiger partial charge in [0.25, 0.3) is 5.69 Å². The molecule has 3 unspecified atom stereocenters. The van der Waals surface area contributed by atoms with E-state index in [-0.39, 0.29) is 10.6 Å². The largest absolute Gasteiger partial charge is 0.382 e. The average Bonchev–Trinajstić information content (AvgIpc) is 3.11. The lowest BCUT2D eigenvalue weighted by Crippen LogP contribution is -2.38. The van der Waals surface area contributed by atoms with Gasteiger partial charge in [-0.15, -0.1) is 0 Å². The lowest BCUT2D eigenvalue weighted by Gasteiger charge is -2.27. The first-order valence-corrected chi connectivity index (χ1v) is 7.90.